The molecule has 6 heteroatoms. The molecule has 0 unspecified atom stereocenters. The van der Waals surface area contributed by atoms with Crippen molar-refractivity contribution in [3.05, 3.63) is 33.7 Å². The van der Waals surface area contributed by atoms with Crippen LogP contribution in [0.25, 0.3) is 0 Å². The summed E-state index contributed by atoms with van der Waals surface area (Å²) in [5, 5.41) is 3.11. The zero-order chi connectivity index (χ0) is 14.8. The minimum Gasteiger partial charge on any atom is -0.378 e. The molecule has 6 nitrogen and oxygen atoms in total. The number of fused-ring (bicyclic) bond motifs is 1. The molecule has 1 saturated heterocycles. The summed E-state index contributed by atoms with van der Waals surface area (Å²) in [6.45, 7) is 2.54. The molecular formula is C15H21N3O3. The van der Waals surface area contributed by atoms with E-state index in [1.165, 1.54) is 0 Å². The Bertz CT molecular complexity index is 590. The Kier molecular flexibility index (Phi) is 3.96. The molecule has 1 aromatic heterocycles. The Balaban J connectivity index is 1.65. The molecule has 0 saturated carbocycles. The van der Waals surface area contributed by atoms with Gasteiger partial charge in [0.25, 0.3) is 0 Å². The molecule has 0 radical (unpaired) electrons. The van der Waals surface area contributed by atoms with Gasteiger partial charge in [-0.3, -0.25) is 4.79 Å². The highest BCUT2D eigenvalue weighted by molar-refractivity contribution is 5.74. The van der Waals surface area contributed by atoms with Crippen molar-refractivity contribution in [2.24, 2.45) is 7.05 Å². The summed E-state index contributed by atoms with van der Waals surface area (Å²) in [7, 11) is 1.81. The van der Waals surface area contributed by atoms with Gasteiger partial charge in [0, 0.05) is 37.9 Å². The van der Waals surface area contributed by atoms with Crippen LogP contribution in [0.2, 0.25) is 0 Å². The second-order valence-corrected chi connectivity index (χ2v) is 5.69. The highest BCUT2D eigenvalue weighted by Crippen LogP contribution is 2.19. The third kappa shape index (κ3) is 2.95. The molecule has 1 aliphatic carbocycles. The fraction of sp³-hybridized carbons (Fsp3) is 0.600. The Labute approximate surface area is 123 Å². The van der Waals surface area contributed by atoms with Gasteiger partial charge in [-0.1, -0.05) is 6.07 Å². The number of carbonyl (C=O) groups is 1. The van der Waals surface area contributed by atoms with E-state index in [1.807, 2.05) is 13.1 Å². The van der Waals surface area contributed by atoms with Crippen LogP contribution in [0.1, 0.15) is 17.7 Å². The van der Waals surface area contributed by atoms with Gasteiger partial charge in [0.15, 0.2) is 0 Å². The molecule has 1 fully saturated rings. The van der Waals surface area contributed by atoms with Crippen molar-refractivity contribution in [3.8, 4) is 0 Å². The zero-order valence-corrected chi connectivity index (χ0v) is 12.3. The highest BCUT2D eigenvalue weighted by Gasteiger charge is 2.24. The lowest BCUT2D eigenvalue weighted by Crippen LogP contribution is -2.50. The molecule has 0 aromatic carbocycles. The summed E-state index contributed by atoms with van der Waals surface area (Å²) in [4.78, 5) is 25.6. The largest absolute Gasteiger partial charge is 0.378 e. The first-order valence-corrected chi connectivity index (χ1v) is 7.46. The highest BCUT2D eigenvalue weighted by atomic mass is 16.5. The molecule has 1 aliphatic heterocycles. The van der Waals surface area contributed by atoms with Crippen LogP contribution in [0, 0.1) is 0 Å². The number of nitrogens with one attached hydrogen (secondary N) is 1. The van der Waals surface area contributed by atoms with Crippen molar-refractivity contribution >= 4 is 6.03 Å². The van der Waals surface area contributed by atoms with Crippen LogP contribution >= 0.6 is 0 Å². The minimum atomic E-state index is -0.00318. The minimum absolute atomic E-state index is 0.00318. The first-order valence-electron chi connectivity index (χ1n) is 7.46. The number of rotatable bonds is 1. The molecule has 114 valence electrons. The number of hydrogen-bond donors (Lipinski definition) is 1. The van der Waals surface area contributed by atoms with E-state index >= 15 is 0 Å². The molecule has 2 heterocycles. The standard InChI is InChI=1S/C15H21N3O3/c1-17-13-4-3-12(10-11(13)2-5-14(17)19)16-15(20)18-6-8-21-9-7-18/h2,5,12H,3-4,6-10H2,1H3,(H,16,20)/t12-/m1/s1. The number of nitrogens with zero attached hydrogens (tertiary/aromatic N) is 2. The summed E-state index contributed by atoms with van der Waals surface area (Å²) in [5.74, 6) is 0. The monoisotopic (exact) mass is 291 g/mol. The molecule has 1 aromatic rings. The van der Waals surface area contributed by atoms with Crippen LogP contribution in [0.4, 0.5) is 4.79 Å². The smallest absolute Gasteiger partial charge is 0.317 e. The summed E-state index contributed by atoms with van der Waals surface area (Å²) in [6.07, 6.45) is 2.50. The van der Waals surface area contributed by atoms with Gasteiger partial charge in [0.1, 0.15) is 0 Å². The lowest BCUT2D eigenvalue weighted by atomic mass is 9.91. The van der Waals surface area contributed by atoms with Crippen molar-refractivity contribution in [2.75, 3.05) is 26.3 Å². The quantitative estimate of drug-likeness (QED) is 0.808. The van der Waals surface area contributed by atoms with Crippen LogP contribution in [0.5, 0.6) is 0 Å². The number of pyridine rings is 1. The molecule has 21 heavy (non-hydrogen) atoms. The average Bonchev–Trinajstić information content (AvgIpc) is 2.52. The van der Waals surface area contributed by atoms with E-state index in [-0.39, 0.29) is 17.6 Å². The predicted octanol–water partition coefficient (Wildman–Crippen LogP) is 0.284. The van der Waals surface area contributed by atoms with E-state index < -0.39 is 0 Å². The van der Waals surface area contributed by atoms with Crippen LogP contribution < -0.4 is 10.9 Å². The lowest BCUT2D eigenvalue weighted by Gasteiger charge is -2.31. The maximum absolute atomic E-state index is 12.2. The third-order valence-corrected chi connectivity index (χ3v) is 4.36. The molecular weight excluding hydrogens is 270 g/mol. The first-order chi connectivity index (χ1) is 10.1. The number of ether oxygens (including phenoxy) is 1. The van der Waals surface area contributed by atoms with Crippen molar-refractivity contribution in [3.63, 3.8) is 0 Å². The Hall–Kier alpha value is -1.82. The summed E-state index contributed by atoms with van der Waals surface area (Å²) in [6, 6.07) is 3.64. The number of hydrogen-bond acceptors (Lipinski definition) is 3. The molecule has 0 spiro atoms. The van der Waals surface area contributed by atoms with Gasteiger partial charge < -0.3 is 19.5 Å². The molecule has 1 atom stereocenters. The molecule has 2 aliphatic rings. The Morgan fingerprint density at radius 3 is 2.86 bits per heavy atom. The van der Waals surface area contributed by atoms with Gasteiger partial charge in [0.05, 0.1) is 13.2 Å². The Morgan fingerprint density at radius 1 is 1.33 bits per heavy atom. The molecule has 2 amide bonds. The SMILES string of the molecule is Cn1c2c(ccc1=O)C[C@H](NC(=O)N1CCOCC1)CC2. The Morgan fingerprint density at radius 2 is 2.10 bits per heavy atom. The molecule has 0 bridgehead atoms. The second kappa shape index (κ2) is 5.89. The van der Waals surface area contributed by atoms with E-state index in [4.69, 9.17) is 4.74 Å². The topological polar surface area (TPSA) is 63.6 Å². The van der Waals surface area contributed by atoms with Crippen molar-refractivity contribution in [2.45, 2.75) is 25.3 Å². The zero-order valence-electron chi connectivity index (χ0n) is 12.3. The number of aromatic nitrogens is 1. The summed E-state index contributed by atoms with van der Waals surface area (Å²) >= 11 is 0. The lowest BCUT2D eigenvalue weighted by molar-refractivity contribution is 0.0523. The number of amides is 2. The van der Waals surface area contributed by atoms with Crippen LogP contribution in [0.3, 0.4) is 0 Å². The van der Waals surface area contributed by atoms with Crippen molar-refractivity contribution in [1.29, 1.82) is 0 Å². The second-order valence-electron chi connectivity index (χ2n) is 5.69. The first kappa shape index (κ1) is 14.1. The van der Waals surface area contributed by atoms with Gasteiger partial charge in [-0.25, -0.2) is 4.79 Å². The van der Waals surface area contributed by atoms with E-state index in [1.54, 1.807) is 15.5 Å². The van der Waals surface area contributed by atoms with Crippen LogP contribution in [-0.2, 0) is 24.6 Å². The van der Waals surface area contributed by atoms with Crippen molar-refractivity contribution < 1.29 is 9.53 Å². The molecule has 1 N–H and O–H groups in total. The van der Waals surface area contributed by atoms with Gasteiger partial charge in [-0.2, -0.15) is 0 Å². The van der Waals surface area contributed by atoms with Gasteiger partial charge in [0.2, 0.25) is 5.56 Å². The van der Waals surface area contributed by atoms with Gasteiger partial charge >= 0.3 is 6.03 Å². The predicted molar refractivity (Wildman–Crippen MR) is 78.4 cm³/mol. The fourth-order valence-corrected chi connectivity index (χ4v) is 3.08. The summed E-state index contributed by atoms with van der Waals surface area (Å²) in [5.41, 5.74) is 2.29. The number of morpholine rings is 1. The fourth-order valence-electron chi connectivity index (χ4n) is 3.08. The van der Waals surface area contributed by atoms with Gasteiger partial charge in [-0.05, 0) is 24.8 Å². The third-order valence-electron chi connectivity index (χ3n) is 4.36. The maximum Gasteiger partial charge on any atom is 0.317 e. The normalized spacial score (nSPS) is 21.8. The van der Waals surface area contributed by atoms with E-state index in [0.717, 1.165) is 30.5 Å². The van der Waals surface area contributed by atoms with Crippen LogP contribution in [-0.4, -0.2) is 47.8 Å². The number of carbonyl (C=O) groups excluding carboxylic acids is 1. The van der Waals surface area contributed by atoms with E-state index in [2.05, 4.69) is 5.32 Å². The van der Waals surface area contributed by atoms with Crippen molar-refractivity contribution in [1.82, 2.24) is 14.8 Å². The number of urea groups is 1. The summed E-state index contributed by atoms with van der Waals surface area (Å²) < 4.78 is 6.97. The van der Waals surface area contributed by atoms with E-state index in [9.17, 15) is 9.59 Å². The molecule has 3 rings (SSSR count). The van der Waals surface area contributed by atoms with Gasteiger partial charge in [-0.15, -0.1) is 0 Å². The average molecular weight is 291 g/mol. The maximum atomic E-state index is 12.2. The van der Waals surface area contributed by atoms with Crippen LogP contribution in [0.15, 0.2) is 16.9 Å². The van der Waals surface area contributed by atoms with E-state index in [0.29, 0.717) is 26.3 Å².